The Morgan fingerprint density at radius 3 is 2.06 bits per heavy atom. The number of hydrogen-bond donors (Lipinski definition) is 0. The highest BCUT2D eigenvalue weighted by Gasteiger charge is 2.24. The van der Waals surface area contributed by atoms with Crippen LogP contribution in [0.3, 0.4) is 0 Å². The highest BCUT2D eigenvalue weighted by Crippen LogP contribution is 2.31. The molecule has 33 heavy (non-hydrogen) atoms. The number of piperidine rings is 1. The summed E-state index contributed by atoms with van der Waals surface area (Å²) in [5.74, 6) is 0. The molecule has 3 aromatic rings. The van der Waals surface area contributed by atoms with Crippen molar-refractivity contribution in [3.8, 4) is 10.6 Å². The molecule has 2 heterocycles. The van der Waals surface area contributed by atoms with E-state index in [9.17, 15) is 16.8 Å². The van der Waals surface area contributed by atoms with E-state index in [1.54, 1.807) is 41.1 Å². The van der Waals surface area contributed by atoms with Crippen LogP contribution < -0.4 is 4.80 Å². The fraction of sp³-hybridized carbons (Fsp3) is 0.364. The van der Waals surface area contributed by atoms with E-state index in [4.69, 9.17) is 5.10 Å². The van der Waals surface area contributed by atoms with Crippen molar-refractivity contribution in [2.24, 2.45) is 12.1 Å². The Morgan fingerprint density at radius 1 is 0.909 bits per heavy atom. The molecule has 0 N–H and O–H groups in total. The van der Waals surface area contributed by atoms with Crippen LogP contribution >= 0.6 is 11.3 Å². The van der Waals surface area contributed by atoms with E-state index in [1.165, 1.54) is 23.8 Å². The van der Waals surface area contributed by atoms with Gasteiger partial charge in [0.05, 0.1) is 15.8 Å². The topological polar surface area (TPSA) is 102 Å². The first-order chi connectivity index (χ1) is 15.5. The van der Waals surface area contributed by atoms with Crippen molar-refractivity contribution in [2.75, 3.05) is 19.1 Å². The molecule has 0 saturated carbocycles. The quantitative estimate of drug-likeness (QED) is 0.527. The predicted octanol–water partition coefficient (Wildman–Crippen LogP) is 3.00. The Hall–Kier alpha value is -2.50. The maximum Gasteiger partial charge on any atom is 0.226 e. The molecule has 0 radical (unpaired) electrons. The zero-order chi connectivity index (χ0) is 23.8. The van der Waals surface area contributed by atoms with Crippen molar-refractivity contribution < 1.29 is 16.8 Å². The first-order valence-corrected chi connectivity index (χ1v) is 15.1. The van der Waals surface area contributed by atoms with Gasteiger partial charge in [0.25, 0.3) is 0 Å². The lowest BCUT2D eigenvalue weighted by molar-refractivity contribution is 0.147. The normalized spacial score (nSPS) is 18.0. The molecule has 1 aliphatic heterocycles. The van der Waals surface area contributed by atoms with Crippen LogP contribution in [0.5, 0.6) is 0 Å². The van der Waals surface area contributed by atoms with Crippen molar-refractivity contribution >= 4 is 31.0 Å². The molecular formula is C22H26N4O4S3. The van der Waals surface area contributed by atoms with Crippen LogP contribution in [0.15, 0.2) is 63.4 Å². The molecule has 4 rings (SSSR count). The smallest absolute Gasteiger partial charge is 0.226 e. The van der Waals surface area contributed by atoms with Crippen molar-refractivity contribution in [3.63, 3.8) is 0 Å². The van der Waals surface area contributed by atoms with E-state index in [2.05, 4.69) is 10.1 Å². The van der Waals surface area contributed by atoms with Gasteiger partial charge in [0.15, 0.2) is 19.7 Å². The standard InChI is InChI=1S/C22H26N4O4S3/c1-25-22(31-21(23-25)17-9-13-19(14-10-17)33(3,29)30)24-26-15-5-4-6-20(26)16-7-11-18(12-8-16)32(2,27)28/h7-14,20H,4-6,15H2,1-3H3. The Labute approximate surface area is 198 Å². The Bertz CT molecular complexity index is 1420. The molecule has 0 spiro atoms. The second-order valence-corrected chi connectivity index (χ2v) is 13.2. The van der Waals surface area contributed by atoms with Crippen LogP contribution in [0.1, 0.15) is 30.9 Å². The molecular weight excluding hydrogens is 480 g/mol. The van der Waals surface area contributed by atoms with Gasteiger partial charge in [-0.15, -0.1) is 5.10 Å². The lowest BCUT2D eigenvalue weighted by Gasteiger charge is -2.33. The first kappa shape index (κ1) is 23.7. The lowest BCUT2D eigenvalue weighted by Crippen LogP contribution is -2.32. The Kier molecular flexibility index (Phi) is 6.47. The molecule has 8 nitrogen and oxygen atoms in total. The van der Waals surface area contributed by atoms with E-state index in [-0.39, 0.29) is 10.9 Å². The molecule has 2 aromatic carbocycles. The van der Waals surface area contributed by atoms with Gasteiger partial charge in [-0.2, -0.15) is 5.10 Å². The van der Waals surface area contributed by atoms with Crippen molar-refractivity contribution in [1.82, 2.24) is 14.8 Å². The minimum absolute atomic E-state index is 0.0620. The third-order valence-corrected chi connectivity index (χ3v) is 8.91. The second-order valence-electron chi connectivity index (χ2n) is 8.23. The minimum atomic E-state index is -3.25. The van der Waals surface area contributed by atoms with Crippen molar-refractivity contribution in [1.29, 1.82) is 0 Å². The number of hydrogen-bond acceptors (Lipinski definition) is 8. The van der Waals surface area contributed by atoms with Crippen LogP contribution in [0, 0.1) is 0 Å². The average Bonchev–Trinajstić information content (AvgIpc) is 3.13. The highest BCUT2D eigenvalue weighted by molar-refractivity contribution is 7.91. The molecule has 1 atom stereocenters. The number of aromatic nitrogens is 2. The van der Waals surface area contributed by atoms with Gasteiger partial charge in [-0.1, -0.05) is 35.6 Å². The summed E-state index contributed by atoms with van der Waals surface area (Å²) in [6.07, 6.45) is 5.44. The van der Waals surface area contributed by atoms with E-state index in [0.29, 0.717) is 4.90 Å². The summed E-state index contributed by atoms with van der Waals surface area (Å²) in [6.45, 7) is 0.800. The SMILES string of the molecule is Cn1nc(-c2ccc(S(C)(=O)=O)cc2)sc1=NN1CCCCC1c1ccc(S(C)(=O)=O)cc1. The van der Waals surface area contributed by atoms with Crippen LogP contribution in [-0.2, 0) is 26.7 Å². The summed E-state index contributed by atoms with van der Waals surface area (Å²) in [7, 11) is -4.64. The van der Waals surface area contributed by atoms with Crippen LogP contribution in [-0.4, -0.2) is 50.7 Å². The van der Waals surface area contributed by atoms with Crippen LogP contribution in [0.4, 0.5) is 0 Å². The number of rotatable bonds is 5. The van der Waals surface area contributed by atoms with Gasteiger partial charge in [0.1, 0.15) is 5.01 Å². The molecule has 0 aliphatic carbocycles. The molecule has 0 amide bonds. The third kappa shape index (κ3) is 5.36. The average molecular weight is 507 g/mol. The van der Waals surface area contributed by atoms with Gasteiger partial charge in [-0.3, -0.25) is 5.01 Å². The summed E-state index contributed by atoms with van der Waals surface area (Å²) in [6, 6.07) is 13.8. The highest BCUT2D eigenvalue weighted by atomic mass is 32.2. The van der Waals surface area contributed by atoms with Gasteiger partial charge in [0.2, 0.25) is 4.80 Å². The van der Waals surface area contributed by atoms with Crippen molar-refractivity contribution in [2.45, 2.75) is 35.1 Å². The monoisotopic (exact) mass is 506 g/mol. The van der Waals surface area contributed by atoms with E-state index >= 15 is 0 Å². The summed E-state index contributed by atoms with van der Waals surface area (Å²) < 4.78 is 48.7. The largest absolute Gasteiger partial charge is 0.287 e. The zero-order valence-electron chi connectivity index (χ0n) is 18.7. The number of benzene rings is 2. The summed E-state index contributed by atoms with van der Waals surface area (Å²) >= 11 is 1.44. The molecule has 11 heteroatoms. The first-order valence-electron chi connectivity index (χ1n) is 10.5. The predicted molar refractivity (Wildman–Crippen MR) is 128 cm³/mol. The van der Waals surface area contributed by atoms with Gasteiger partial charge < -0.3 is 0 Å². The van der Waals surface area contributed by atoms with Gasteiger partial charge in [-0.25, -0.2) is 21.5 Å². The molecule has 1 saturated heterocycles. The molecule has 1 aromatic heterocycles. The molecule has 1 fully saturated rings. The van der Waals surface area contributed by atoms with E-state index < -0.39 is 19.7 Å². The number of sulfone groups is 2. The van der Waals surface area contributed by atoms with Gasteiger partial charge >= 0.3 is 0 Å². The number of aryl methyl sites for hydroxylation is 1. The molecule has 0 bridgehead atoms. The summed E-state index contributed by atoms with van der Waals surface area (Å²) in [5.41, 5.74) is 1.87. The zero-order valence-corrected chi connectivity index (χ0v) is 21.1. The fourth-order valence-electron chi connectivity index (χ4n) is 3.82. The van der Waals surface area contributed by atoms with Crippen LogP contribution in [0.2, 0.25) is 0 Å². The Balaban J connectivity index is 1.64. The number of nitrogens with zero attached hydrogens (tertiary/aromatic N) is 4. The van der Waals surface area contributed by atoms with Gasteiger partial charge in [-0.05, 0) is 49.1 Å². The van der Waals surface area contributed by atoms with Gasteiger partial charge in [0, 0.05) is 31.7 Å². The maximum atomic E-state index is 11.8. The molecule has 1 aliphatic rings. The summed E-state index contributed by atoms with van der Waals surface area (Å²) in [4.78, 5) is 1.32. The fourth-order valence-corrected chi connectivity index (χ4v) is 5.99. The van der Waals surface area contributed by atoms with Crippen molar-refractivity contribution in [3.05, 3.63) is 58.9 Å². The maximum absolute atomic E-state index is 11.8. The van der Waals surface area contributed by atoms with Crippen LogP contribution in [0.25, 0.3) is 10.6 Å². The molecule has 1 unspecified atom stereocenters. The third-order valence-electron chi connectivity index (χ3n) is 5.62. The minimum Gasteiger partial charge on any atom is -0.287 e. The lowest BCUT2D eigenvalue weighted by atomic mass is 9.97. The summed E-state index contributed by atoms with van der Waals surface area (Å²) in [5, 5.41) is 12.3. The molecule has 176 valence electrons. The second kappa shape index (κ2) is 9.03. The van der Waals surface area contributed by atoms with E-state index in [0.717, 1.165) is 46.7 Å². The van der Waals surface area contributed by atoms with E-state index in [1.807, 2.05) is 19.2 Å². The Morgan fingerprint density at radius 2 is 1.48 bits per heavy atom.